The van der Waals surface area contributed by atoms with Crippen molar-refractivity contribution >= 4 is 34.7 Å². The average molecular weight is 273 g/mol. The zero-order valence-corrected chi connectivity index (χ0v) is 8.11. The summed E-state index contributed by atoms with van der Waals surface area (Å²) in [7, 11) is 0. The monoisotopic (exact) mass is 273 g/mol. The first-order valence-corrected chi connectivity index (χ1v) is 4.32. The third kappa shape index (κ3) is 0.874. The van der Waals surface area contributed by atoms with Gasteiger partial charge in [-0.25, -0.2) is 3.11 Å². The molecule has 0 aromatic heterocycles. The Kier molecular flexibility index (Phi) is 1.64. The number of hydrogen-bond donors (Lipinski definition) is 0. The number of halogens is 1. The number of rotatable bonds is 0. The molecule has 0 saturated carbocycles. The molecule has 1 aliphatic rings. The Morgan fingerprint density at radius 1 is 1.00 bits per heavy atom. The topological polar surface area (TPSA) is 37.4 Å². The van der Waals surface area contributed by atoms with Gasteiger partial charge < -0.3 is 0 Å². The zero-order valence-electron chi connectivity index (χ0n) is 5.95. The SMILES string of the molecule is O=C1c2ccccc2C(=O)N1I. The second-order valence-electron chi connectivity index (χ2n) is 2.44. The molecule has 1 aromatic rings. The number of hydrogen-bond acceptors (Lipinski definition) is 2. The first-order valence-electron chi connectivity index (χ1n) is 3.35. The predicted molar refractivity (Wildman–Crippen MR) is 51.0 cm³/mol. The molecule has 0 aliphatic carbocycles. The average Bonchev–Trinajstić information content (AvgIpc) is 2.33. The Hall–Kier alpha value is -0.910. The molecule has 0 unspecified atom stereocenters. The molecule has 0 bridgehead atoms. The molecule has 0 N–H and O–H groups in total. The van der Waals surface area contributed by atoms with Crippen molar-refractivity contribution in [2.75, 3.05) is 0 Å². The van der Waals surface area contributed by atoms with E-state index >= 15 is 0 Å². The molecule has 2 rings (SSSR count). The highest BCUT2D eigenvalue weighted by Gasteiger charge is 2.33. The first-order chi connectivity index (χ1) is 5.72. The highest BCUT2D eigenvalue weighted by atomic mass is 127. The second-order valence-corrected chi connectivity index (χ2v) is 3.40. The zero-order chi connectivity index (χ0) is 8.72. The Morgan fingerprint density at radius 2 is 1.42 bits per heavy atom. The van der Waals surface area contributed by atoms with Gasteiger partial charge in [0.05, 0.1) is 34.0 Å². The van der Waals surface area contributed by atoms with E-state index in [2.05, 4.69) is 0 Å². The fraction of sp³-hybridized carbons (Fsp3) is 0. The Bertz CT molecular complexity index is 340. The van der Waals surface area contributed by atoms with Gasteiger partial charge in [-0.05, 0) is 12.1 Å². The number of carbonyl (C=O) groups excluding carboxylic acids is 2. The van der Waals surface area contributed by atoms with E-state index in [1.807, 2.05) is 0 Å². The van der Waals surface area contributed by atoms with Crippen LogP contribution in [0.15, 0.2) is 24.3 Å². The van der Waals surface area contributed by atoms with Gasteiger partial charge in [0.2, 0.25) is 0 Å². The van der Waals surface area contributed by atoms with Crippen LogP contribution < -0.4 is 0 Å². The molecule has 3 nitrogen and oxygen atoms in total. The van der Waals surface area contributed by atoms with Crippen molar-refractivity contribution in [2.45, 2.75) is 0 Å². The van der Waals surface area contributed by atoms with Crippen LogP contribution in [0.5, 0.6) is 0 Å². The summed E-state index contributed by atoms with van der Waals surface area (Å²) in [5.41, 5.74) is 0.994. The van der Waals surface area contributed by atoms with E-state index < -0.39 is 0 Å². The maximum Gasteiger partial charge on any atom is 0.270 e. The standard InChI is InChI=1S/C8H4INO2/c9-10-7(11)5-3-1-2-4-6(5)8(10)12/h1-4H. The summed E-state index contributed by atoms with van der Waals surface area (Å²) in [5, 5.41) is 0. The van der Waals surface area contributed by atoms with Crippen LogP contribution in [-0.2, 0) is 0 Å². The predicted octanol–water partition coefficient (Wildman–Crippen LogP) is 1.63. The Balaban J connectivity index is 2.67. The van der Waals surface area contributed by atoms with E-state index in [0.29, 0.717) is 11.1 Å². The number of amides is 2. The number of benzene rings is 1. The number of fused-ring (bicyclic) bond motifs is 1. The summed E-state index contributed by atoms with van der Waals surface area (Å²) in [6.45, 7) is 0. The van der Waals surface area contributed by atoms with Crippen LogP contribution in [0.25, 0.3) is 0 Å². The van der Waals surface area contributed by atoms with Crippen molar-refractivity contribution in [3.63, 3.8) is 0 Å². The summed E-state index contributed by atoms with van der Waals surface area (Å²) >= 11 is 1.71. The highest BCUT2D eigenvalue weighted by molar-refractivity contribution is 14.1. The lowest BCUT2D eigenvalue weighted by Gasteiger charge is -1.98. The van der Waals surface area contributed by atoms with Gasteiger partial charge in [0, 0.05) is 0 Å². The van der Waals surface area contributed by atoms with E-state index in [0.717, 1.165) is 3.11 Å². The highest BCUT2D eigenvalue weighted by Crippen LogP contribution is 2.24. The molecular weight excluding hydrogens is 269 g/mol. The van der Waals surface area contributed by atoms with Crippen molar-refractivity contribution in [1.82, 2.24) is 3.11 Å². The summed E-state index contributed by atoms with van der Waals surface area (Å²) in [5.74, 6) is -0.451. The van der Waals surface area contributed by atoms with Crippen molar-refractivity contribution in [2.24, 2.45) is 0 Å². The van der Waals surface area contributed by atoms with Crippen molar-refractivity contribution < 1.29 is 9.59 Å². The molecule has 60 valence electrons. The van der Waals surface area contributed by atoms with Crippen LogP contribution in [0.2, 0.25) is 0 Å². The van der Waals surface area contributed by atoms with Gasteiger partial charge in [-0.1, -0.05) is 12.1 Å². The van der Waals surface area contributed by atoms with E-state index in [1.165, 1.54) is 0 Å². The molecule has 1 aromatic carbocycles. The van der Waals surface area contributed by atoms with Gasteiger partial charge in [-0.2, -0.15) is 0 Å². The van der Waals surface area contributed by atoms with Crippen LogP contribution in [0.4, 0.5) is 0 Å². The van der Waals surface area contributed by atoms with Crippen molar-refractivity contribution in [3.8, 4) is 0 Å². The van der Waals surface area contributed by atoms with Crippen LogP contribution in [-0.4, -0.2) is 14.9 Å². The molecule has 0 atom stereocenters. The molecule has 1 aliphatic heterocycles. The molecule has 12 heavy (non-hydrogen) atoms. The maximum absolute atomic E-state index is 11.3. The number of carbonyl (C=O) groups is 2. The van der Waals surface area contributed by atoms with Gasteiger partial charge in [0.15, 0.2) is 0 Å². The van der Waals surface area contributed by atoms with Crippen LogP contribution in [0.3, 0.4) is 0 Å². The fourth-order valence-electron chi connectivity index (χ4n) is 1.16. The van der Waals surface area contributed by atoms with Crippen LogP contribution >= 0.6 is 22.9 Å². The van der Waals surface area contributed by atoms with Crippen LogP contribution in [0, 0.1) is 0 Å². The molecule has 2 amide bonds. The third-order valence-corrected chi connectivity index (χ3v) is 2.62. The molecule has 0 saturated heterocycles. The molecule has 0 spiro atoms. The van der Waals surface area contributed by atoms with Gasteiger partial charge in [-0.3, -0.25) is 9.59 Å². The molecular formula is C8H4INO2. The number of imide groups is 1. The minimum Gasteiger partial charge on any atom is -0.268 e. The summed E-state index contributed by atoms with van der Waals surface area (Å²) < 4.78 is 1.10. The smallest absolute Gasteiger partial charge is 0.268 e. The largest absolute Gasteiger partial charge is 0.270 e. The first kappa shape index (κ1) is 7.72. The minimum atomic E-state index is -0.226. The Morgan fingerprint density at radius 3 is 1.83 bits per heavy atom. The summed E-state index contributed by atoms with van der Waals surface area (Å²) in [4.78, 5) is 22.6. The summed E-state index contributed by atoms with van der Waals surface area (Å²) in [6, 6.07) is 6.82. The molecule has 1 heterocycles. The summed E-state index contributed by atoms with van der Waals surface area (Å²) in [6.07, 6.45) is 0. The molecule has 0 fully saturated rings. The van der Waals surface area contributed by atoms with E-state index in [-0.39, 0.29) is 11.8 Å². The normalized spacial score (nSPS) is 15.2. The van der Waals surface area contributed by atoms with Gasteiger partial charge in [0.1, 0.15) is 0 Å². The van der Waals surface area contributed by atoms with E-state index in [9.17, 15) is 9.59 Å². The lowest BCUT2D eigenvalue weighted by molar-refractivity contribution is 0.0797. The minimum absolute atomic E-state index is 0.226. The fourth-order valence-corrected chi connectivity index (χ4v) is 1.68. The van der Waals surface area contributed by atoms with Crippen molar-refractivity contribution in [3.05, 3.63) is 35.4 Å². The van der Waals surface area contributed by atoms with Crippen LogP contribution in [0.1, 0.15) is 20.7 Å². The van der Waals surface area contributed by atoms with E-state index in [1.54, 1.807) is 47.1 Å². The quantitative estimate of drug-likeness (QED) is 0.409. The Labute approximate surface area is 82.9 Å². The van der Waals surface area contributed by atoms with E-state index in [4.69, 9.17) is 0 Å². The molecule has 4 heteroatoms. The molecule has 0 radical (unpaired) electrons. The maximum atomic E-state index is 11.3. The van der Waals surface area contributed by atoms with Gasteiger partial charge in [0.25, 0.3) is 11.8 Å². The van der Waals surface area contributed by atoms with Crippen molar-refractivity contribution in [1.29, 1.82) is 0 Å². The lowest BCUT2D eigenvalue weighted by Crippen LogP contribution is -2.17. The second kappa shape index (κ2) is 2.55. The van der Waals surface area contributed by atoms with Gasteiger partial charge in [-0.15, -0.1) is 0 Å². The number of nitrogens with zero attached hydrogens (tertiary/aromatic N) is 1. The third-order valence-electron chi connectivity index (χ3n) is 1.74. The van der Waals surface area contributed by atoms with Gasteiger partial charge >= 0.3 is 0 Å². The lowest BCUT2D eigenvalue weighted by atomic mass is 10.1.